The van der Waals surface area contributed by atoms with Gasteiger partial charge < -0.3 is 15.6 Å². The van der Waals surface area contributed by atoms with E-state index in [1.807, 2.05) is 0 Å². The van der Waals surface area contributed by atoms with Crippen molar-refractivity contribution in [3.05, 3.63) is 29.6 Å². The van der Waals surface area contributed by atoms with Crippen LogP contribution in [-0.4, -0.2) is 17.7 Å². The summed E-state index contributed by atoms with van der Waals surface area (Å²) < 4.78 is 19.2. The highest BCUT2D eigenvalue weighted by molar-refractivity contribution is 5.66. The van der Waals surface area contributed by atoms with E-state index in [1.54, 1.807) is 12.1 Å². The van der Waals surface area contributed by atoms with Gasteiger partial charge in [-0.15, -0.1) is 0 Å². The molecule has 104 valence electrons. The maximum Gasteiger partial charge on any atom is 0.303 e. The number of aliphatic carboxylic acids is 1. The maximum atomic E-state index is 13.8. The number of ether oxygens (including phenoxy) is 1. The molecule has 0 heterocycles. The summed E-state index contributed by atoms with van der Waals surface area (Å²) in [6, 6.07) is 4.11. The quantitative estimate of drug-likeness (QED) is 0.796. The molecule has 0 spiro atoms. The van der Waals surface area contributed by atoms with Gasteiger partial charge in [0.05, 0.1) is 6.61 Å². The van der Waals surface area contributed by atoms with E-state index in [0.717, 1.165) is 12.8 Å². The largest absolute Gasteiger partial charge is 0.490 e. The van der Waals surface area contributed by atoms with Crippen molar-refractivity contribution in [3.63, 3.8) is 0 Å². The lowest BCUT2D eigenvalue weighted by molar-refractivity contribution is -0.137. The third kappa shape index (κ3) is 4.21. The molecule has 3 N–H and O–H groups in total. The molecule has 1 saturated carbocycles. The molecule has 1 fully saturated rings. The van der Waals surface area contributed by atoms with Crippen molar-refractivity contribution in [2.45, 2.75) is 31.7 Å². The number of hydrogen-bond donors (Lipinski definition) is 2. The smallest absolute Gasteiger partial charge is 0.303 e. The fourth-order valence-electron chi connectivity index (χ4n) is 1.80. The second-order valence-corrected chi connectivity index (χ2v) is 4.98. The Morgan fingerprint density at radius 3 is 2.84 bits per heavy atom. The van der Waals surface area contributed by atoms with Gasteiger partial charge in [0.25, 0.3) is 0 Å². The van der Waals surface area contributed by atoms with Gasteiger partial charge in [0.15, 0.2) is 11.6 Å². The van der Waals surface area contributed by atoms with Crippen LogP contribution in [-0.2, 0) is 4.79 Å². The molecule has 0 aliphatic heterocycles. The van der Waals surface area contributed by atoms with E-state index in [-0.39, 0.29) is 18.6 Å². The minimum atomic E-state index is -0.902. The molecular formula is C14H18FNO3. The van der Waals surface area contributed by atoms with Gasteiger partial charge in [-0.1, -0.05) is 6.07 Å². The lowest BCUT2D eigenvalue weighted by atomic mass is 10.0. The van der Waals surface area contributed by atoms with Crippen LogP contribution in [0.5, 0.6) is 5.75 Å². The molecule has 4 nitrogen and oxygen atoms in total. The molecule has 0 bridgehead atoms. The summed E-state index contributed by atoms with van der Waals surface area (Å²) in [5.41, 5.74) is 6.42. The average molecular weight is 267 g/mol. The molecule has 0 aromatic heterocycles. The van der Waals surface area contributed by atoms with Crippen LogP contribution < -0.4 is 10.5 Å². The summed E-state index contributed by atoms with van der Waals surface area (Å²) in [7, 11) is 0. The Labute approximate surface area is 111 Å². The topological polar surface area (TPSA) is 72.6 Å². The van der Waals surface area contributed by atoms with E-state index in [2.05, 4.69) is 0 Å². The Balaban J connectivity index is 1.94. The van der Waals surface area contributed by atoms with Crippen molar-refractivity contribution in [1.29, 1.82) is 0 Å². The van der Waals surface area contributed by atoms with Crippen LogP contribution in [0, 0.1) is 11.7 Å². The lowest BCUT2D eigenvalue weighted by Crippen LogP contribution is -2.12. The molecule has 1 unspecified atom stereocenters. The first-order valence-corrected chi connectivity index (χ1v) is 6.46. The van der Waals surface area contributed by atoms with E-state index < -0.39 is 17.8 Å². The van der Waals surface area contributed by atoms with Gasteiger partial charge in [-0.3, -0.25) is 4.79 Å². The standard InChI is InChI=1S/C14H18FNO3/c15-11-7-10(12(16)4-6-14(17)18)3-5-13(11)19-8-9-1-2-9/h3,5,7,9,12H,1-2,4,6,8,16H2,(H,17,18). The van der Waals surface area contributed by atoms with Crippen molar-refractivity contribution in [2.24, 2.45) is 11.7 Å². The Hall–Kier alpha value is -1.62. The monoisotopic (exact) mass is 267 g/mol. The van der Waals surface area contributed by atoms with Crippen molar-refractivity contribution in [3.8, 4) is 5.75 Å². The predicted molar refractivity (Wildman–Crippen MR) is 68.4 cm³/mol. The summed E-state index contributed by atoms with van der Waals surface area (Å²) in [5.74, 6) is -0.540. The van der Waals surface area contributed by atoms with Gasteiger partial charge in [-0.2, -0.15) is 0 Å². The predicted octanol–water partition coefficient (Wildman–Crippen LogP) is 2.48. The minimum Gasteiger partial charge on any atom is -0.490 e. The first-order chi connectivity index (χ1) is 9.06. The summed E-state index contributed by atoms with van der Waals surface area (Å²) in [6.07, 6.45) is 2.57. The van der Waals surface area contributed by atoms with Crippen LogP contribution in [0.2, 0.25) is 0 Å². The summed E-state index contributed by atoms with van der Waals surface area (Å²) in [4.78, 5) is 10.5. The number of carbonyl (C=O) groups is 1. The number of hydrogen-bond acceptors (Lipinski definition) is 3. The van der Waals surface area contributed by atoms with Gasteiger partial charge in [-0.25, -0.2) is 4.39 Å². The van der Waals surface area contributed by atoms with Crippen LogP contribution in [0.25, 0.3) is 0 Å². The van der Waals surface area contributed by atoms with E-state index >= 15 is 0 Å². The third-order valence-electron chi connectivity index (χ3n) is 3.22. The van der Waals surface area contributed by atoms with E-state index in [1.165, 1.54) is 6.07 Å². The van der Waals surface area contributed by atoms with Crippen LogP contribution in [0.3, 0.4) is 0 Å². The molecule has 1 aromatic rings. The van der Waals surface area contributed by atoms with E-state index in [9.17, 15) is 9.18 Å². The first kappa shape index (κ1) is 13.8. The number of carboxylic acid groups (broad SMARTS) is 1. The average Bonchev–Trinajstić information content (AvgIpc) is 3.18. The van der Waals surface area contributed by atoms with Crippen molar-refractivity contribution in [1.82, 2.24) is 0 Å². The number of rotatable bonds is 7. The number of carboxylic acids is 1. The molecular weight excluding hydrogens is 249 g/mol. The van der Waals surface area contributed by atoms with Gasteiger partial charge >= 0.3 is 5.97 Å². The molecule has 0 radical (unpaired) electrons. The highest BCUT2D eigenvalue weighted by Gasteiger charge is 2.22. The number of halogens is 1. The zero-order chi connectivity index (χ0) is 13.8. The molecule has 0 saturated heterocycles. The fourth-order valence-corrected chi connectivity index (χ4v) is 1.80. The zero-order valence-corrected chi connectivity index (χ0v) is 10.6. The molecule has 1 aliphatic rings. The van der Waals surface area contributed by atoms with Crippen LogP contribution in [0.1, 0.15) is 37.3 Å². The summed E-state index contributed by atoms with van der Waals surface area (Å²) in [5, 5.41) is 8.59. The molecule has 2 rings (SSSR count). The van der Waals surface area contributed by atoms with E-state index in [4.69, 9.17) is 15.6 Å². The summed E-state index contributed by atoms with van der Waals surface area (Å²) in [6.45, 7) is 0.557. The van der Waals surface area contributed by atoms with Crippen LogP contribution in [0.4, 0.5) is 4.39 Å². The molecule has 1 atom stereocenters. The minimum absolute atomic E-state index is 0.0251. The van der Waals surface area contributed by atoms with Crippen molar-refractivity contribution < 1.29 is 19.0 Å². The summed E-state index contributed by atoms with van der Waals surface area (Å²) >= 11 is 0. The number of benzene rings is 1. The molecule has 1 aliphatic carbocycles. The van der Waals surface area contributed by atoms with Crippen LogP contribution in [0.15, 0.2) is 18.2 Å². The molecule has 5 heteroatoms. The van der Waals surface area contributed by atoms with Crippen molar-refractivity contribution in [2.75, 3.05) is 6.61 Å². The van der Waals surface area contributed by atoms with Gasteiger partial charge in [0.1, 0.15) is 0 Å². The van der Waals surface area contributed by atoms with Gasteiger partial charge in [-0.05, 0) is 42.9 Å². The maximum absolute atomic E-state index is 13.8. The normalized spacial score (nSPS) is 16.1. The highest BCUT2D eigenvalue weighted by atomic mass is 19.1. The Bertz CT molecular complexity index is 460. The third-order valence-corrected chi connectivity index (χ3v) is 3.22. The Morgan fingerprint density at radius 2 is 2.26 bits per heavy atom. The highest BCUT2D eigenvalue weighted by Crippen LogP contribution is 2.30. The molecule has 1 aromatic carbocycles. The first-order valence-electron chi connectivity index (χ1n) is 6.46. The SMILES string of the molecule is NC(CCC(=O)O)c1ccc(OCC2CC2)c(F)c1. The van der Waals surface area contributed by atoms with Crippen molar-refractivity contribution >= 4 is 5.97 Å². The zero-order valence-electron chi connectivity index (χ0n) is 10.6. The van der Waals surface area contributed by atoms with Crippen LogP contribution >= 0.6 is 0 Å². The lowest BCUT2D eigenvalue weighted by Gasteiger charge is -2.13. The molecule has 19 heavy (non-hydrogen) atoms. The van der Waals surface area contributed by atoms with E-state index in [0.29, 0.717) is 18.1 Å². The molecule has 0 amide bonds. The number of nitrogens with two attached hydrogens (primary N) is 1. The Morgan fingerprint density at radius 1 is 1.53 bits per heavy atom. The second kappa shape index (κ2) is 6.02. The van der Waals surface area contributed by atoms with Gasteiger partial charge in [0, 0.05) is 12.5 Å². The Kier molecular flexibility index (Phi) is 4.37. The fraction of sp³-hybridized carbons (Fsp3) is 0.500. The second-order valence-electron chi connectivity index (χ2n) is 4.98. The van der Waals surface area contributed by atoms with Gasteiger partial charge in [0.2, 0.25) is 0 Å².